The zero-order valence-electron chi connectivity index (χ0n) is 11.3. The van der Waals surface area contributed by atoms with Crippen LogP contribution in [0.4, 0.5) is 4.39 Å². The first-order valence-electron chi connectivity index (χ1n) is 6.48. The second-order valence-electron chi connectivity index (χ2n) is 4.65. The highest BCUT2D eigenvalue weighted by atomic mass is 32.1. The van der Waals surface area contributed by atoms with Gasteiger partial charge in [0.2, 0.25) is 0 Å². The van der Waals surface area contributed by atoms with Crippen molar-refractivity contribution in [3.05, 3.63) is 52.0 Å². The molecule has 0 aliphatic heterocycles. The van der Waals surface area contributed by atoms with Gasteiger partial charge in [-0.2, -0.15) is 0 Å². The molecule has 2 N–H and O–H groups in total. The van der Waals surface area contributed by atoms with Crippen molar-refractivity contribution < 1.29 is 14.4 Å². The maximum Gasteiger partial charge on any atom is 0.488 e. The minimum Gasteiger partial charge on any atom is -0.423 e. The Bertz CT molecular complexity index is 548. The third kappa shape index (κ3) is 4.14. The Morgan fingerprint density at radius 3 is 2.65 bits per heavy atom. The van der Waals surface area contributed by atoms with Gasteiger partial charge >= 0.3 is 7.12 Å². The van der Waals surface area contributed by atoms with Gasteiger partial charge in [0.1, 0.15) is 5.82 Å². The minimum atomic E-state index is -1.64. The van der Waals surface area contributed by atoms with Crippen molar-refractivity contribution in [3.63, 3.8) is 0 Å². The minimum absolute atomic E-state index is 0.187. The number of halogens is 1. The molecule has 2 rings (SSSR count). The summed E-state index contributed by atoms with van der Waals surface area (Å²) in [6.45, 7) is 4.27. The lowest BCUT2D eigenvalue weighted by atomic mass is 9.79. The Kier molecular flexibility index (Phi) is 5.31. The first kappa shape index (κ1) is 15.2. The van der Waals surface area contributed by atoms with Crippen molar-refractivity contribution in [2.75, 3.05) is 6.54 Å². The molecule has 1 aromatic heterocycles. The van der Waals surface area contributed by atoms with E-state index in [0.29, 0.717) is 6.54 Å². The summed E-state index contributed by atoms with van der Waals surface area (Å²) in [4.78, 5) is 3.43. The maximum atomic E-state index is 13.5. The van der Waals surface area contributed by atoms with Crippen molar-refractivity contribution in [1.29, 1.82) is 0 Å². The molecule has 0 fully saturated rings. The van der Waals surface area contributed by atoms with Crippen LogP contribution in [0.25, 0.3) is 0 Å². The number of thiophene rings is 1. The Morgan fingerprint density at radius 2 is 2.05 bits per heavy atom. The van der Waals surface area contributed by atoms with Gasteiger partial charge in [-0.05, 0) is 41.2 Å². The average Bonchev–Trinajstić information content (AvgIpc) is 2.90. The molecule has 106 valence electrons. The molecule has 0 spiro atoms. The topological polar surface area (TPSA) is 43.7 Å². The molecule has 6 heteroatoms. The highest BCUT2D eigenvalue weighted by molar-refractivity contribution is 7.09. The van der Waals surface area contributed by atoms with Crippen LogP contribution in [-0.2, 0) is 13.1 Å². The van der Waals surface area contributed by atoms with E-state index >= 15 is 0 Å². The SMILES string of the molecule is CCN(Cc1cc(F)cc(B(O)O)c1)Cc1cccs1. The van der Waals surface area contributed by atoms with Crippen LogP contribution >= 0.6 is 11.3 Å². The smallest absolute Gasteiger partial charge is 0.423 e. The quantitative estimate of drug-likeness (QED) is 0.795. The standard InChI is InChI=1S/C14H17BFNO2S/c1-2-17(10-14-4-3-5-20-14)9-11-6-12(15(18)19)8-13(16)7-11/h3-8,18-19H,2,9-10H2,1H3. The summed E-state index contributed by atoms with van der Waals surface area (Å²) in [7, 11) is -1.64. The highest BCUT2D eigenvalue weighted by Gasteiger charge is 2.14. The fraction of sp³-hybridized carbons (Fsp3) is 0.286. The molecule has 0 radical (unpaired) electrons. The van der Waals surface area contributed by atoms with Crippen LogP contribution in [-0.4, -0.2) is 28.6 Å². The summed E-state index contributed by atoms with van der Waals surface area (Å²) in [6.07, 6.45) is 0. The first-order valence-corrected chi connectivity index (χ1v) is 7.36. The van der Waals surface area contributed by atoms with Crippen molar-refractivity contribution >= 4 is 23.9 Å². The molecule has 0 unspecified atom stereocenters. The summed E-state index contributed by atoms with van der Waals surface area (Å²) in [5.74, 6) is -0.447. The van der Waals surface area contributed by atoms with Gasteiger partial charge in [0.05, 0.1) is 0 Å². The molecule has 0 bridgehead atoms. The van der Waals surface area contributed by atoms with E-state index in [0.717, 1.165) is 24.7 Å². The van der Waals surface area contributed by atoms with E-state index in [1.54, 1.807) is 17.4 Å². The van der Waals surface area contributed by atoms with E-state index in [4.69, 9.17) is 10.0 Å². The zero-order valence-corrected chi connectivity index (χ0v) is 12.1. The van der Waals surface area contributed by atoms with Gasteiger partial charge in [-0.25, -0.2) is 4.39 Å². The Morgan fingerprint density at radius 1 is 1.25 bits per heavy atom. The van der Waals surface area contributed by atoms with Gasteiger partial charge in [-0.15, -0.1) is 11.3 Å². The van der Waals surface area contributed by atoms with Crippen LogP contribution in [0.2, 0.25) is 0 Å². The largest absolute Gasteiger partial charge is 0.488 e. The van der Waals surface area contributed by atoms with Crippen LogP contribution in [0.3, 0.4) is 0 Å². The van der Waals surface area contributed by atoms with Gasteiger partial charge in [-0.1, -0.05) is 19.1 Å². The normalized spacial score (nSPS) is 11.1. The average molecular weight is 293 g/mol. The van der Waals surface area contributed by atoms with Crippen molar-refractivity contribution in [1.82, 2.24) is 4.90 Å². The Labute approximate surface area is 122 Å². The van der Waals surface area contributed by atoms with Crippen LogP contribution in [0.15, 0.2) is 35.7 Å². The molecule has 2 aromatic rings. The monoisotopic (exact) mass is 293 g/mol. The number of benzene rings is 1. The zero-order chi connectivity index (χ0) is 14.5. The van der Waals surface area contributed by atoms with Gasteiger partial charge in [0.25, 0.3) is 0 Å². The van der Waals surface area contributed by atoms with E-state index in [9.17, 15) is 4.39 Å². The van der Waals surface area contributed by atoms with Gasteiger partial charge in [0.15, 0.2) is 0 Å². The number of hydrogen-bond donors (Lipinski definition) is 2. The third-order valence-electron chi connectivity index (χ3n) is 3.09. The van der Waals surface area contributed by atoms with E-state index in [-0.39, 0.29) is 5.46 Å². The first-order chi connectivity index (χ1) is 9.58. The molecular formula is C14H17BFNO2S. The highest BCUT2D eigenvalue weighted by Crippen LogP contribution is 2.14. The predicted molar refractivity (Wildman–Crippen MR) is 80.3 cm³/mol. The van der Waals surface area contributed by atoms with E-state index in [2.05, 4.69) is 17.9 Å². The second-order valence-corrected chi connectivity index (χ2v) is 5.68. The molecule has 0 amide bonds. The van der Waals surface area contributed by atoms with Crippen molar-refractivity contribution in [2.24, 2.45) is 0 Å². The van der Waals surface area contributed by atoms with Gasteiger partial charge in [0, 0.05) is 18.0 Å². The molecular weight excluding hydrogens is 276 g/mol. The van der Waals surface area contributed by atoms with Gasteiger partial charge < -0.3 is 10.0 Å². The van der Waals surface area contributed by atoms with E-state index in [1.165, 1.54) is 10.9 Å². The molecule has 1 heterocycles. The lowest BCUT2D eigenvalue weighted by Crippen LogP contribution is -2.31. The van der Waals surface area contributed by atoms with Crippen LogP contribution in [0.1, 0.15) is 17.4 Å². The molecule has 0 atom stereocenters. The Balaban J connectivity index is 2.10. The van der Waals surface area contributed by atoms with E-state index in [1.807, 2.05) is 11.4 Å². The van der Waals surface area contributed by atoms with Crippen molar-refractivity contribution in [3.8, 4) is 0 Å². The predicted octanol–water partition coefficient (Wildman–Crippen LogP) is 1.59. The Hall–Kier alpha value is -1.21. The maximum absolute atomic E-state index is 13.5. The molecule has 0 aliphatic carbocycles. The molecule has 0 saturated carbocycles. The van der Waals surface area contributed by atoms with Gasteiger partial charge in [-0.3, -0.25) is 4.90 Å². The van der Waals surface area contributed by atoms with E-state index < -0.39 is 12.9 Å². The fourth-order valence-electron chi connectivity index (χ4n) is 2.08. The lowest BCUT2D eigenvalue weighted by Gasteiger charge is -2.20. The fourth-order valence-corrected chi connectivity index (χ4v) is 2.82. The lowest BCUT2D eigenvalue weighted by molar-refractivity contribution is 0.273. The molecule has 0 saturated heterocycles. The number of hydrogen-bond acceptors (Lipinski definition) is 4. The summed E-state index contributed by atoms with van der Waals surface area (Å²) < 4.78 is 13.5. The number of nitrogens with zero attached hydrogens (tertiary/aromatic N) is 1. The second kappa shape index (κ2) is 6.99. The van der Waals surface area contributed by atoms with Crippen LogP contribution in [0.5, 0.6) is 0 Å². The molecule has 0 aliphatic rings. The summed E-state index contributed by atoms with van der Waals surface area (Å²) in [5, 5.41) is 20.3. The molecule has 20 heavy (non-hydrogen) atoms. The van der Waals surface area contributed by atoms with Crippen molar-refractivity contribution in [2.45, 2.75) is 20.0 Å². The third-order valence-corrected chi connectivity index (χ3v) is 3.95. The number of rotatable bonds is 6. The van der Waals surface area contributed by atoms with Crippen LogP contribution in [0, 0.1) is 5.82 Å². The molecule has 3 nitrogen and oxygen atoms in total. The summed E-state index contributed by atoms with van der Waals surface area (Å²) in [5.41, 5.74) is 0.929. The summed E-state index contributed by atoms with van der Waals surface area (Å²) in [6, 6.07) is 8.29. The van der Waals surface area contributed by atoms with Crippen LogP contribution < -0.4 is 5.46 Å². The molecule has 1 aromatic carbocycles. The summed E-state index contributed by atoms with van der Waals surface area (Å²) >= 11 is 1.69.